The number of anilines is 1. The minimum atomic E-state index is -0.624. The third-order valence-electron chi connectivity index (χ3n) is 4.54. The van der Waals surface area contributed by atoms with Gasteiger partial charge in [-0.15, -0.1) is 10.2 Å². The molecule has 3 N–H and O–H groups in total. The van der Waals surface area contributed by atoms with Gasteiger partial charge >= 0.3 is 0 Å². The monoisotopic (exact) mass is 379 g/mol. The summed E-state index contributed by atoms with van der Waals surface area (Å²) in [6.07, 6.45) is 2.73. The average Bonchev–Trinajstić information content (AvgIpc) is 3.25. The molecule has 0 saturated heterocycles. The Morgan fingerprint density at radius 2 is 1.86 bits per heavy atom. The fourth-order valence-corrected chi connectivity index (χ4v) is 3.10. The van der Waals surface area contributed by atoms with Crippen LogP contribution in [-0.4, -0.2) is 26.6 Å². The molecule has 2 aromatic heterocycles. The summed E-state index contributed by atoms with van der Waals surface area (Å²) in [7, 11) is 0. The van der Waals surface area contributed by atoms with Crippen LogP contribution in [0, 0.1) is 0 Å². The van der Waals surface area contributed by atoms with E-state index in [4.69, 9.17) is 10.2 Å². The minimum Gasteiger partial charge on any atom is -0.421 e. The molecule has 0 fully saturated rings. The largest absolute Gasteiger partial charge is 0.421 e. The number of benzene rings is 1. The summed E-state index contributed by atoms with van der Waals surface area (Å²) in [6.45, 7) is 2.09. The zero-order valence-electron chi connectivity index (χ0n) is 15.1. The van der Waals surface area contributed by atoms with Crippen LogP contribution in [0.1, 0.15) is 46.4 Å². The number of nitrogens with zero attached hydrogens (tertiary/aromatic N) is 3. The molecule has 0 unspecified atom stereocenters. The molecule has 1 aliphatic heterocycles. The molecular formula is C19H17N5O4. The van der Waals surface area contributed by atoms with E-state index in [0.717, 1.165) is 25.3 Å². The number of aromatic nitrogens is 3. The zero-order valence-corrected chi connectivity index (χ0v) is 15.1. The number of rotatable bonds is 5. The van der Waals surface area contributed by atoms with Gasteiger partial charge in [-0.05, 0) is 30.7 Å². The number of unbranched alkanes of at least 4 members (excludes halogenated alkanes) is 1. The Kier molecular flexibility index (Phi) is 4.26. The number of pyridine rings is 1. The van der Waals surface area contributed by atoms with Gasteiger partial charge in [-0.3, -0.25) is 24.3 Å². The van der Waals surface area contributed by atoms with Crippen molar-refractivity contribution in [2.75, 3.05) is 5.73 Å². The van der Waals surface area contributed by atoms with Crippen LogP contribution in [0.3, 0.4) is 0 Å². The van der Waals surface area contributed by atoms with Crippen LogP contribution < -0.4 is 16.6 Å². The number of nitrogens with one attached hydrogen (secondary N) is 1. The lowest BCUT2D eigenvalue weighted by molar-refractivity contribution is 0.0880. The van der Waals surface area contributed by atoms with Crippen molar-refractivity contribution in [3.05, 3.63) is 57.7 Å². The Hall–Kier alpha value is -3.75. The third kappa shape index (κ3) is 2.86. The molecular weight excluding hydrogens is 362 g/mol. The highest BCUT2D eigenvalue weighted by Crippen LogP contribution is 2.25. The van der Waals surface area contributed by atoms with Crippen LogP contribution in [0.25, 0.3) is 17.1 Å². The van der Waals surface area contributed by atoms with E-state index >= 15 is 0 Å². The molecule has 0 aliphatic carbocycles. The maximum Gasteiger partial charge on any atom is 0.262 e. The summed E-state index contributed by atoms with van der Waals surface area (Å²) in [5, 5.41) is 10.2. The van der Waals surface area contributed by atoms with Crippen LogP contribution in [-0.2, 0) is 6.42 Å². The first-order chi connectivity index (χ1) is 13.5. The molecule has 3 heterocycles. The van der Waals surface area contributed by atoms with Crippen molar-refractivity contribution in [3.63, 3.8) is 0 Å². The number of carbonyl (C=O) groups is 2. The van der Waals surface area contributed by atoms with Gasteiger partial charge in [0.15, 0.2) is 0 Å². The van der Waals surface area contributed by atoms with Gasteiger partial charge in [-0.1, -0.05) is 13.3 Å². The summed E-state index contributed by atoms with van der Waals surface area (Å²) in [4.78, 5) is 36.2. The van der Waals surface area contributed by atoms with Crippen molar-refractivity contribution in [3.8, 4) is 17.1 Å². The normalized spacial score (nSPS) is 12.9. The molecule has 4 rings (SSSR count). The molecule has 0 saturated carbocycles. The number of imide groups is 1. The lowest BCUT2D eigenvalue weighted by Gasteiger charge is -2.12. The van der Waals surface area contributed by atoms with Crippen molar-refractivity contribution < 1.29 is 14.0 Å². The van der Waals surface area contributed by atoms with E-state index in [2.05, 4.69) is 22.4 Å². The van der Waals surface area contributed by atoms with Crippen molar-refractivity contribution in [1.29, 1.82) is 0 Å². The molecule has 0 radical (unpaired) electrons. The number of hydrogen-bond acceptors (Lipinski definition) is 7. The first kappa shape index (κ1) is 17.7. The van der Waals surface area contributed by atoms with Crippen LogP contribution in [0.2, 0.25) is 0 Å². The summed E-state index contributed by atoms with van der Waals surface area (Å²) < 4.78 is 6.83. The lowest BCUT2D eigenvalue weighted by Crippen LogP contribution is -2.24. The second-order valence-electron chi connectivity index (χ2n) is 6.43. The van der Waals surface area contributed by atoms with Crippen molar-refractivity contribution in [2.24, 2.45) is 0 Å². The maximum absolute atomic E-state index is 12.5. The van der Waals surface area contributed by atoms with Gasteiger partial charge in [-0.2, -0.15) is 0 Å². The Balaban J connectivity index is 1.69. The van der Waals surface area contributed by atoms with E-state index < -0.39 is 17.4 Å². The van der Waals surface area contributed by atoms with Crippen LogP contribution in [0.5, 0.6) is 0 Å². The number of fused-ring (bicyclic) bond motifs is 1. The molecule has 3 aromatic rings. The topological polar surface area (TPSA) is 133 Å². The van der Waals surface area contributed by atoms with Gasteiger partial charge in [0.25, 0.3) is 17.4 Å². The molecule has 9 heteroatoms. The number of amides is 2. The highest BCUT2D eigenvalue weighted by molar-refractivity contribution is 6.23. The van der Waals surface area contributed by atoms with E-state index in [1.54, 1.807) is 24.3 Å². The fourth-order valence-electron chi connectivity index (χ4n) is 3.10. The summed E-state index contributed by atoms with van der Waals surface area (Å²) in [6, 6.07) is 7.86. The number of nitrogens with two attached hydrogens (primary N) is 1. The standard InChI is InChI=1S/C19H17N5O4/c1-2-3-4-13-22-23-19(28-13)10-5-7-11(8-6-10)24-14(25)9-12-15(16(24)20)18(27)21-17(12)26/h5-9H,2-4,20H2,1H3,(H,21,26,27). The molecule has 0 bridgehead atoms. The molecule has 28 heavy (non-hydrogen) atoms. The number of nitrogen functional groups attached to an aromatic ring is 1. The van der Waals surface area contributed by atoms with Crippen LogP contribution in [0.4, 0.5) is 5.82 Å². The molecule has 1 aliphatic rings. The average molecular weight is 379 g/mol. The van der Waals surface area contributed by atoms with Crippen molar-refractivity contribution in [1.82, 2.24) is 20.1 Å². The minimum absolute atomic E-state index is 0.00569. The Morgan fingerprint density at radius 1 is 1.11 bits per heavy atom. The van der Waals surface area contributed by atoms with E-state index in [1.807, 2.05) is 0 Å². The van der Waals surface area contributed by atoms with E-state index in [-0.39, 0.29) is 16.9 Å². The highest BCUT2D eigenvalue weighted by Gasteiger charge is 2.31. The summed E-state index contributed by atoms with van der Waals surface area (Å²) in [5.74, 6) is -0.360. The second-order valence-corrected chi connectivity index (χ2v) is 6.43. The van der Waals surface area contributed by atoms with E-state index in [0.29, 0.717) is 23.0 Å². The smallest absolute Gasteiger partial charge is 0.262 e. The molecule has 0 atom stereocenters. The SMILES string of the molecule is CCCCc1nnc(-c2ccc(-n3c(N)c4c(cc3=O)C(=O)NC4=O)cc2)o1. The van der Waals surface area contributed by atoms with Crippen molar-refractivity contribution >= 4 is 17.6 Å². The zero-order chi connectivity index (χ0) is 19.8. The third-order valence-corrected chi connectivity index (χ3v) is 4.54. The van der Waals surface area contributed by atoms with Crippen LogP contribution in [0.15, 0.2) is 39.5 Å². The van der Waals surface area contributed by atoms with E-state index in [1.165, 1.54) is 4.57 Å². The summed E-state index contributed by atoms with van der Waals surface area (Å²) >= 11 is 0. The van der Waals surface area contributed by atoms with E-state index in [9.17, 15) is 14.4 Å². The fraction of sp³-hybridized carbons (Fsp3) is 0.211. The number of carbonyl (C=O) groups excluding carboxylic acids is 2. The predicted octanol–water partition coefficient (Wildman–Crippen LogP) is 1.70. The molecule has 9 nitrogen and oxygen atoms in total. The predicted molar refractivity (Wildman–Crippen MR) is 100 cm³/mol. The van der Waals surface area contributed by atoms with Gasteiger partial charge in [0.1, 0.15) is 5.82 Å². The molecule has 2 amide bonds. The van der Waals surface area contributed by atoms with Gasteiger partial charge in [-0.25, -0.2) is 0 Å². The van der Waals surface area contributed by atoms with Gasteiger partial charge in [0.05, 0.1) is 16.8 Å². The maximum atomic E-state index is 12.5. The van der Waals surface area contributed by atoms with Gasteiger partial charge < -0.3 is 10.2 Å². The Morgan fingerprint density at radius 3 is 2.57 bits per heavy atom. The molecule has 142 valence electrons. The highest BCUT2D eigenvalue weighted by atomic mass is 16.4. The molecule has 0 spiro atoms. The lowest BCUT2D eigenvalue weighted by atomic mass is 10.1. The first-order valence-corrected chi connectivity index (χ1v) is 8.84. The second kappa shape index (κ2) is 6.76. The number of hydrogen-bond donors (Lipinski definition) is 2. The molecule has 1 aromatic carbocycles. The number of aryl methyl sites for hydroxylation is 1. The van der Waals surface area contributed by atoms with Crippen LogP contribution >= 0.6 is 0 Å². The van der Waals surface area contributed by atoms with Gasteiger partial charge in [0, 0.05) is 18.1 Å². The Bertz CT molecular complexity index is 1140. The first-order valence-electron chi connectivity index (χ1n) is 8.84. The quantitative estimate of drug-likeness (QED) is 0.644. The van der Waals surface area contributed by atoms with Crippen molar-refractivity contribution in [2.45, 2.75) is 26.2 Å². The van der Waals surface area contributed by atoms with Gasteiger partial charge in [0.2, 0.25) is 11.8 Å². The summed E-state index contributed by atoms with van der Waals surface area (Å²) in [5.41, 5.74) is 6.66. The Labute approximate surface area is 159 Å².